The van der Waals surface area contributed by atoms with Crippen molar-refractivity contribution in [3.8, 4) is 5.75 Å². The highest BCUT2D eigenvalue weighted by Crippen LogP contribution is 2.30. The number of primary amides is 1. The molecule has 0 fully saturated rings. The lowest BCUT2D eigenvalue weighted by Gasteiger charge is -2.02. The smallest absolute Gasteiger partial charge is 0.252 e. The Kier molecular flexibility index (Phi) is 1.70. The van der Waals surface area contributed by atoms with E-state index < -0.39 is 5.91 Å². The first kappa shape index (κ1) is 8.62. The SMILES string of the molecule is Cc1c[nH]c2ccc(C(N)=O)c(O)c12. The van der Waals surface area contributed by atoms with E-state index in [0.29, 0.717) is 5.39 Å². The Hall–Kier alpha value is -1.97. The number of amides is 1. The van der Waals surface area contributed by atoms with E-state index in [-0.39, 0.29) is 11.3 Å². The Labute approximate surface area is 80.3 Å². The van der Waals surface area contributed by atoms with Crippen LogP contribution in [0.5, 0.6) is 5.75 Å². The third kappa shape index (κ3) is 1.04. The molecule has 1 heterocycles. The number of aromatic amines is 1. The molecule has 4 N–H and O–H groups in total. The van der Waals surface area contributed by atoms with Gasteiger partial charge in [0.05, 0.1) is 5.56 Å². The molecule has 0 saturated heterocycles. The Morgan fingerprint density at radius 2 is 2.21 bits per heavy atom. The van der Waals surface area contributed by atoms with Gasteiger partial charge in [0.1, 0.15) is 5.75 Å². The van der Waals surface area contributed by atoms with Gasteiger partial charge in [-0.3, -0.25) is 4.79 Å². The van der Waals surface area contributed by atoms with Gasteiger partial charge in [0, 0.05) is 17.1 Å². The summed E-state index contributed by atoms with van der Waals surface area (Å²) in [5, 5.41) is 10.4. The second kappa shape index (κ2) is 2.77. The van der Waals surface area contributed by atoms with Gasteiger partial charge in [-0.05, 0) is 24.6 Å². The van der Waals surface area contributed by atoms with Gasteiger partial charge in [0.25, 0.3) is 5.91 Å². The minimum atomic E-state index is -0.620. The van der Waals surface area contributed by atoms with Crippen LogP contribution in [0.1, 0.15) is 15.9 Å². The van der Waals surface area contributed by atoms with Crippen LogP contribution >= 0.6 is 0 Å². The number of H-pyrrole nitrogens is 1. The number of carbonyl (C=O) groups excluding carboxylic acids is 1. The van der Waals surface area contributed by atoms with Crippen molar-refractivity contribution < 1.29 is 9.90 Å². The summed E-state index contributed by atoms with van der Waals surface area (Å²) in [6.45, 7) is 1.85. The fourth-order valence-corrected chi connectivity index (χ4v) is 1.57. The zero-order valence-corrected chi connectivity index (χ0v) is 7.66. The summed E-state index contributed by atoms with van der Waals surface area (Å²) in [5.41, 5.74) is 6.95. The fourth-order valence-electron chi connectivity index (χ4n) is 1.57. The molecule has 0 radical (unpaired) electrons. The van der Waals surface area contributed by atoms with E-state index in [4.69, 9.17) is 5.73 Å². The van der Waals surface area contributed by atoms with Gasteiger partial charge in [-0.2, -0.15) is 0 Å². The molecule has 0 unspecified atom stereocenters. The van der Waals surface area contributed by atoms with E-state index in [1.54, 1.807) is 12.3 Å². The van der Waals surface area contributed by atoms with Crippen LogP contribution in [-0.2, 0) is 0 Å². The van der Waals surface area contributed by atoms with Crippen LogP contribution in [0.4, 0.5) is 0 Å². The van der Waals surface area contributed by atoms with Crippen molar-refractivity contribution in [2.75, 3.05) is 0 Å². The molecule has 72 valence electrons. The van der Waals surface area contributed by atoms with Crippen molar-refractivity contribution in [1.82, 2.24) is 4.98 Å². The van der Waals surface area contributed by atoms with Crippen molar-refractivity contribution in [2.45, 2.75) is 6.92 Å². The van der Waals surface area contributed by atoms with Crippen LogP contribution in [0.3, 0.4) is 0 Å². The van der Waals surface area contributed by atoms with E-state index in [1.165, 1.54) is 6.07 Å². The summed E-state index contributed by atoms with van der Waals surface area (Å²) in [6.07, 6.45) is 1.77. The van der Waals surface area contributed by atoms with Gasteiger partial charge in [0.2, 0.25) is 0 Å². The molecule has 14 heavy (non-hydrogen) atoms. The van der Waals surface area contributed by atoms with E-state index in [1.807, 2.05) is 6.92 Å². The number of nitrogens with one attached hydrogen (secondary N) is 1. The number of hydrogen-bond acceptors (Lipinski definition) is 2. The molecular formula is C10H10N2O2. The van der Waals surface area contributed by atoms with E-state index in [9.17, 15) is 9.90 Å². The number of aromatic nitrogens is 1. The summed E-state index contributed by atoms with van der Waals surface area (Å²) >= 11 is 0. The molecule has 0 spiro atoms. The van der Waals surface area contributed by atoms with Gasteiger partial charge < -0.3 is 15.8 Å². The molecule has 0 atom stereocenters. The minimum absolute atomic E-state index is 0.0475. The Balaban J connectivity index is 2.86. The molecule has 4 heteroatoms. The zero-order chi connectivity index (χ0) is 10.3. The van der Waals surface area contributed by atoms with Gasteiger partial charge in [-0.1, -0.05) is 0 Å². The zero-order valence-electron chi connectivity index (χ0n) is 7.66. The van der Waals surface area contributed by atoms with Crippen LogP contribution in [-0.4, -0.2) is 16.0 Å². The number of aromatic hydroxyl groups is 1. The highest BCUT2D eigenvalue weighted by molar-refractivity contribution is 6.03. The first-order valence-corrected chi connectivity index (χ1v) is 4.20. The number of rotatable bonds is 1. The number of nitrogens with two attached hydrogens (primary N) is 1. The van der Waals surface area contributed by atoms with Crippen molar-refractivity contribution in [3.63, 3.8) is 0 Å². The van der Waals surface area contributed by atoms with Crippen molar-refractivity contribution in [1.29, 1.82) is 0 Å². The van der Waals surface area contributed by atoms with Gasteiger partial charge in [-0.25, -0.2) is 0 Å². The summed E-state index contributed by atoms with van der Waals surface area (Å²) in [4.78, 5) is 13.9. The number of aryl methyl sites for hydroxylation is 1. The standard InChI is InChI=1S/C10H10N2O2/c1-5-4-12-7-3-2-6(10(11)14)9(13)8(5)7/h2-4,12-13H,1H3,(H2,11,14). The number of hydrogen-bond donors (Lipinski definition) is 3. The number of benzene rings is 1. The number of phenols is 1. The van der Waals surface area contributed by atoms with Crippen LogP contribution in [0.2, 0.25) is 0 Å². The summed E-state index contributed by atoms with van der Waals surface area (Å²) in [7, 11) is 0. The topological polar surface area (TPSA) is 79.1 Å². The molecule has 1 amide bonds. The van der Waals surface area contributed by atoms with Crippen LogP contribution in [0, 0.1) is 6.92 Å². The first-order chi connectivity index (χ1) is 6.61. The normalized spacial score (nSPS) is 10.6. The quantitative estimate of drug-likeness (QED) is 0.633. The molecule has 1 aromatic carbocycles. The molecule has 0 aliphatic rings. The van der Waals surface area contributed by atoms with Crippen LogP contribution < -0.4 is 5.73 Å². The molecule has 2 aromatic rings. The molecule has 4 nitrogen and oxygen atoms in total. The highest BCUT2D eigenvalue weighted by Gasteiger charge is 2.12. The molecule has 0 bridgehead atoms. The molecule has 0 saturated carbocycles. The third-order valence-corrected chi connectivity index (χ3v) is 2.28. The van der Waals surface area contributed by atoms with Gasteiger partial charge in [-0.15, -0.1) is 0 Å². The first-order valence-electron chi connectivity index (χ1n) is 4.20. The Morgan fingerprint density at radius 3 is 2.86 bits per heavy atom. The lowest BCUT2D eigenvalue weighted by Crippen LogP contribution is -2.10. The lowest BCUT2D eigenvalue weighted by molar-refractivity contribution is 0.0998. The fraction of sp³-hybridized carbons (Fsp3) is 0.100. The van der Waals surface area contributed by atoms with Crippen molar-refractivity contribution in [2.24, 2.45) is 5.73 Å². The van der Waals surface area contributed by atoms with Crippen LogP contribution in [0.15, 0.2) is 18.3 Å². The van der Waals surface area contributed by atoms with Crippen molar-refractivity contribution >= 4 is 16.8 Å². The maximum absolute atomic E-state index is 11.0. The average Bonchev–Trinajstić information content (AvgIpc) is 2.48. The summed E-state index contributed by atoms with van der Waals surface area (Å²) < 4.78 is 0. The number of carbonyl (C=O) groups is 1. The molecule has 2 rings (SSSR count). The summed E-state index contributed by atoms with van der Waals surface area (Å²) in [6, 6.07) is 3.23. The second-order valence-corrected chi connectivity index (χ2v) is 3.22. The second-order valence-electron chi connectivity index (χ2n) is 3.22. The predicted molar refractivity (Wildman–Crippen MR) is 53.2 cm³/mol. The third-order valence-electron chi connectivity index (χ3n) is 2.28. The predicted octanol–water partition coefficient (Wildman–Crippen LogP) is 1.28. The lowest BCUT2D eigenvalue weighted by atomic mass is 10.1. The van der Waals surface area contributed by atoms with E-state index in [2.05, 4.69) is 4.98 Å². The molecular weight excluding hydrogens is 180 g/mol. The van der Waals surface area contributed by atoms with Crippen molar-refractivity contribution in [3.05, 3.63) is 29.5 Å². The maximum atomic E-state index is 11.0. The molecule has 0 aliphatic carbocycles. The molecule has 1 aromatic heterocycles. The minimum Gasteiger partial charge on any atom is -0.506 e. The van der Waals surface area contributed by atoms with E-state index in [0.717, 1.165) is 11.1 Å². The maximum Gasteiger partial charge on any atom is 0.252 e. The Morgan fingerprint density at radius 1 is 1.50 bits per heavy atom. The van der Waals surface area contributed by atoms with Crippen LogP contribution in [0.25, 0.3) is 10.9 Å². The van der Waals surface area contributed by atoms with Gasteiger partial charge >= 0.3 is 0 Å². The largest absolute Gasteiger partial charge is 0.506 e. The highest BCUT2D eigenvalue weighted by atomic mass is 16.3. The number of fused-ring (bicyclic) bond motifs is 1. The van der Waals surface area contributed by atoms with Gasteiger partial charge in [0.15, 0.2) is 0 Å². The monoisotopic (exact) mass is 190 g/mol. The Bertz CT molecular complexity index is 514. The average molecular weight is 190 g/mol. The molecule has 0 aliphatic heterocycles. The summed E-state index contributed by atoms with van der Waals surface area (Å²) in [5.74, 6) is -0.668. The van der Waals surface area contributed by atoms with E-state index >= 15 is 0 Å².